The SMILES string of the molecule is OC(CCBr)C(O)c1ccc(C2CCNCC2)cc1. The lowest BCUT2D eigenvalue weighted by molar-refractivity contribution is 0.0173. The van der Waals surface area contributed by atoms with Crippen molar-refractivity contribution in [2.45, 2.75) is 37.4 Å². The van der Waals surface area contributed by atoms with Crippen LogP contribution in [0.4, 0.5) is 0 Å². The van der Waals surface area contributed by atoms with E-state index in [1.165, 1.54) is 18.4 Å². The summed E-state index contributed by atoms with van der Waals surface area (Å²) in [5, 5.41) is 23.9. The summed E-state index contributed by atoms with van der Waals surface area (Å²) in [4.78, 5) is 0. The highest BCUT2D eigenvalue weighted by atomic mass is 79.9. The summed E-state index contributed by atoms with van der Waals surface area (Å²) >= 11 is 3.28. The molecule has 1 saturated heterocycles. The minimum absolute atomic E-state index is 0.553. The fraction of sp³-hybridized carbons (Fsp3) is 0.600. The first kappa shape index (κ1) is 15.0. The Hall–Kier alpha value is -0.420. The van der Waals surface area contributed by atoms with Crippen LogP contribution < -0.4 is 5.32 Å². The monoisotopic (exact) mass is 327 g/mol. The highest BCUT2D eigenvalue weighted by molar-refractivity contribution is 9.09. The van der Waals surface area contributed by atoms with Gasteiger partial charge in [-0.25, -0.2) is 0 Å². The van der Waals surface area contributed by atoms with Gasteiger partial charge in [0.2, 0.25) is 0 Å². The van der Waals surface area contributed by atoms with Gasteiger partial charge in [-0.05, 0) is 49.4 Å². The lowest BCUT2D eigenvalue weighted by atomic mass is 9.89. The third-order valence-corrected chi connectivity index (χ3v) is 4.32. The third-order valence-electron chi connectivity index (χ3n) is 3.86. The van der Waals surface area contributed by atoms with Crippen LogP contribution in [0.25, 0.3) is 0 Å². The molecule has 1 fully saturated rings. The molecule has 0 saturated carbocycles. The van der Waals surface area contributed by atoms with E-state index in [0.29, 0.717) is 17.7 Å². The molecule has 1 aliphatic rings. The van der Waals surface area contributed by atoms with Gasteiger partial charge in [0, 0.05) is 5.33 Å². The van der Waals surface area contributed by atoms with E-state index in [1.807, 2.05) is 12.1 Å². The van der Waals surface area contributed by atoms with Gasteiger partial charge in [-0.15, -0.1) is 0 Å². The number of rotatable bonds is 5. The number of alkyl halides is 1. The van der Waals surface area contributed by atoms with Crippen LogP contribution in [-0.2, 0) is 0 Å². The molecule has 0 aliphatic carbocycles. The molecule has 1 aliphatic heterocycles. The van der Waals surface area contributed by atoms with Crippen LogP contribution in [-0.4, -0.2) is 34.7 Å². The fourth-order valence-electron chi connectivity index (χ4n) is 2.61. The number of aliphatic hydroxyl groups excluding tert-OH is 2. The molecule has 2 unspecified atom stereocenters. The van der Waals surface area contributed by atoms with E-state index < -0.39 is 12.2 Å². The van der Waals surface area contributed by atoms with Gasteiger partial charge in [-0.2, -0.15) is 0 Å². The van der Waals surface area contributed by atoms with E-state index in [2.05, 4.69) is 33.4 Å². The van der Waals surface area contributed by atoms with Crippen molar-refractivity contribution in [3.8, 4) is 0 Å². The van der Waals surface area contributed by atoms with Gasteiger partial charge in [-0.3, -0.25) is 0 Å². The van der Waals surface area contributed by atoms with Crippen molar-refractivity contribution in [2.24, 2.45) is 0 Å². The Balaban J connectivity index is 2.01. The highest BCUT2D eigenvalue weighted by Gasteiger charge is 2.19. The van der Waals surface area contributed by atoms with Crippen molar-refractivity contribution in [2.75, 3.05) is 18.4 Å². The maximum atomic E-state index is 10.0. The molecule has 2 rings (SSSR count). The smallest absolute Gasteiger partial charge is 0.105 e. The zero-order chi connectivity index (χ0) is 13.7. The molecule has 0 amide bonds. The van der Waals surface area contributed by atoms with Crippen molar-refractivity contribution in [3.63, 3.8) is 0 Å². The maximum absolute atomic E-state index is 10.0. The number of hydrogen-bond acceptors (Lipinski definition) is 3. The second-order valence-corrected chi connectivity index (χ2v) is 5.97. The third kappa shape index (κ3) is 4.02. The molecule has 106 valence electrons. The first-order chi connectivity index (χ1) is 9.22. The number of piperidine rings is 1. The predicted molar refractivity (Wildman–Crippen MR) is 80.7 cm³/mol. The number of aliphatic hydroxyl groups is 2. The van der Waals surface area contributed by atoms with Crippen LogP contribution in [0.3, 0.4) is 0 Å². The predicted octanol–water partition coefficient (Wildman–Crippen LogP) is 2.33. The molecular formula is C15H22BrNO2. The molecule has 1 aromatic carbocycles. The van der Waals surface area contributed by atoms with Gasteiger partial charge >= 0.3 is 0 Å². The Bertz CT molecular complexity index is 376. The summed E-state index contributed by atoms with van der Waals surface area (Å²) in [5.41, 5.74) is 2.14. The Morgan fingerprint density at radius 2 is 1.79 bits per heavy atom. The normalized spacial score (nSPS) is 20.2. The summed E-state index contributed by atoms with van der Waals surface area (Å²) in [6.45, 7) is 2.16. The van der Waals surface area contributed by atoms with Crippen molar-refractivity contribution in [3.05, 3.63) is 35.4 Å². The molecule has 0 spiro atoms. The van der Waals surface area contributed by atoms with E-state index in [4.69, 9.17) is 0 Å². The molecule has 0 bridgehead atoms. The molecule has 1 aromatic rings. The first-order valence-corrected chi connectivity index (χ1v) is 8.07. The molecule has 1 heterocycles. The van der Waals surface area contributed by atoms with Gasteiger partial charge in [0.1, 0.15) is 6.10 Å². The zero-order valence-corrected chi connectivity index (χ0v) is 12.6. The average Bonchev–Trinajstić information content (AvgIpc) is 2.48. The molecule has 0 aromatic heterocycles. The van der Waals surface area contributed by atoms with Crippen LogP contribution >= 0.6 is 15.9 Å². The topological polar surface area (TPSA) is 52.5 Å². The van der Waals surface area contributed by atoms with E-state index in [1.54, 1.807) is 0 Å². The second kappa shape index (κ2) is 7.39. The molecule has 19 heavy (non-hydrogen) atoms. The van der Waals surface area contributed by atoms with Gasteiger partial charge in [0.25, 0.3) is 0 Å². The molecule has 2 atom stereocenters. The van der Waals surface area contributed by atoms with Crippen LogP contribution in [0, 0.1) is 0 Å². The van der Waals surface area contributed by atoms with Crippen molar-refractivity contribution >= 4 is 15.9 Å². The lowest BCUT2D eigenvalue weighted by Crippen LogP contribution is -2.26. The molecule has 3 N–H and O–H groups in total. The van der Waals surface area contributed by atoms with Crippen LogP contribution in [0.1, 0.15) is 42.4 Å². The summed E-state index contributed by atoms with van der Waals surface area (Å²) < 4.78 is 0. The first-order valence-electron chi connectivity index (χ1n) is 6.95. The number of halogens is 1. The molecule has 3 nitrogen and oxygen atoms in total. The van der Waals surface area contributed by atoms with Gasteiger partial charge in [0.15, 0.2) is 0 Å². The Kier molecular flexibility index (Phi) is 5.82. The maximum Gasteiger partial charge on any atom is 0.105 e. The van der Waals surface area contributed by atoms with Crippen LogP contribution in [0.15, 0.2) is 24.3 Å². The number of nitrogens with one attached hydrogen (secondary N) is 1. The fourth-order valence-corrected chi connectivity index (χ4v) is 3.08. The quantitative estimate of drug-likeness (QED) is 0.727. The van der Waals surface area contributed by atoms with Gasteiger partial charge < -0.3 is 15.5 Å². The van der Waals surface area contributed by atoms with Crippen LogP contribution in [0.2, 0.25) is 0 Å². The van der Waals surface area contributed by atoms with E-state index in [0.717, 1.165) is 18.7 Å². The molecular weight excluding hydrogens is 306 g/mol. The zero-order valence-electron chi connectivity index (χ0n) is 11.1. The molecule has 4 heteroatoms. The van der Waals surface area contributed by atoms with Gasteiger partial charge in [0.05, 0.1) is 6.10 Å². The van der Waals surface area contributed by atoms with E-state index >= 15 is 0 Å². The molecule has 0 radical (unpaired) electrons. The minimum atomic E-state index is -0.792. The average molecular weight is 328 g/mol. The summed E-state index contributed by atoms with van der Waals surface area (Å²) in [7, 11) is 0. The van der Waals surface area contributed by atoms with Crippen molar-refractivity contribution in [1.29, 1.82) is 0 Å². The summed E-state index contributed by atoms with van der Waals surface area (Å²) in [5.74, 6) is 0.625. The Morgan fingerprint density at radius 1 is 1.16 bits per heavy atom. The minimum Gasteiger partial charge on any atom is -0.390 e. The van der Waals surface area contributed by atoms with E-state index in [9.17, 15) is 10.2 Å². The summed E-state index contributed by atoms with van der Waals surface area (Å²) in [6, 6.07) is 8.07. The second-order valence-electron chi connectivity index (χ2n) is 5.18. The van der Waals surface area contributed by atoms with Gasteiger partial charge in [-0.1, -0.05) is 40.2 Å². The Labute approximate surface area is 123 Å². The summed E-state index contributed by atoms with van der Waals surface area (Å²) in [6.07, 6.45) is 1.41. The number of hydrogen-bond donors (Lipinski definition) is 3. The van der Waals surface area contributed by atoms with Crippen molar-refractivity contribution in [1.82, 2.24) is 5.32 Å². The highest BCUT2D eigenvalue weighted by Crippen LogP contribution is 2.27. The number of benzene rings is 1. The van der Waals surface area contributed by atoms with E-state index in [-0.39, 0.29) is 0 Å². The standard InChI is InChI=1S/C15H22BrNO2/c16-8-5-14(18)15(19)13-3-1-11(2-4-13)12-6-9-17-10-7-12/h1-4,12,14-15,17-19H,5-10H2. The largest absolute Gasteiger partial charge is 0.390 e. The Morgan fingerprint density at radius 3 is 2.37 bits per heavy atom. The van der Waals surface area contributed by atoms with Crippen molar-refractivity contribution < 1.29 is 10.2 Å². The lowest BCUT2D eigenvalue weighted by Gasteiger charge is -2.24. The van der Waals surface area contributed by atoms with Crippen LogP contribution in [0.5, 0.6) is 0 Å².